The zero-order valence-electron chi connectivity index (χ0n) is 23.4. The van der Waals surface area contributed by atoms with Crippen molar-refractivity contribution in [2.75, 3.05) is 6.54 Å². The quantitative estimate of drug-likeness (QED) is 0.170. The number of aryl methyl sites for hydroxylation is 2. The summed E-state index contributed by atoms with van der Waals surface area (Å²) in [7, 11) is 0. The molecule has 0 fully saturated rings. The Morgan fingerprint density at radius 3 is 2.17 bits per heavy atom. The number of hydrogen-bond donors (Lipinski definition) is 2. The van der Waals surface area contributed by atoms with E-state index in [4.69, 9.17) is 26.8 Å². The second-order valence-electron chi connectivity index (χ2n) is 10.2. The van der Waals surface area contributed by atoms with Crippen LogP contribution in [0.5, 0.6) is 11.6 Å². The minimum Gasteiger partial charge on any atom is -0.489 e. The summed E-state index contributed by atoms with van der Waals surface area (Å²) < 4.78 is 12.4. The molecule has 41 heavy (non-hydrogen) atoms. The number of nitrogens with zero attached hydrogens (tertiary/aromatic N) is 2. The van der Waals surface area contributed by atoms with Gasteiger partial charge in [0, 0.05) is 30.8 Å². The number of hydrogen-bond acceptors (Lipinski definition) is 6. The van der Waals surface area contributed by atoms with Crippen LogP contribution in [0.4, 0.5) is 0 Å². The summed E-state index contributed by atoms with van der Waals surface area (Å²) in [5, 5.41) is 9.72. The molecular formula is C33H36ClN3O4. The average Bonchev–Trinajstić information content (AvgIpc) is 2.95. The Kier molecular flexibility index (Phi) is 10.7. The Morgan fingerprint density at radius 2 is 1.51 bits per heavy atom. The second-order valence-corrected chi connectivity index (χ2v) is 10.6. The van der Waals surface area contributed by atoms with E-state index in [1.807, 2.05) is 67.6 Å². The number of rotatable bonds is 14. The van der Waals surface area contributed by atoms with Crippen LogP contribution in [0.25, 0.3) is 0 Å². The van der Waals surface area contributed by atoms with E-state index >= 15 is 0 Å². The maximum absolute atomic E-state index is 11.5. The molecule has 0 saturated heterocycles. The summed E-state index contributed by atoms with van der Waals surface area (Å²) in [5.74, 6) is 0.185. The molecule has 3 aromatic carbocycles. The van der Waals surface area contributed by atoms with Gasteiger partial charge in [0.2, 0.25) is 5.88 Å². The van der Waals surface area contributed by atoms with Crippen LogP contribution in [0.2, 0.25) is 5.15 Å². The van der Waals surface area contributed by atoms with Crippen molar-refractivity contribution in [2.45, 2.75) is 52.6 Å². The summed E-state index contributed by atoms with van der Waals surface area (Å²) in [6.07, 6.45) is 0.280. The highest BCUT2D eigenvalue weighted by molar-refractivity contribution is 6.29. The topological polar surface area (TPSA) is 97.9 Å². The number of carboxylic acids is 1. The maximum atomic E-state index is 11.5. The van der Waals surface area contributed by atoms with Crippen molar-refractivity contribution in [1.29, 1.82) is 0 Å². The first-order valence-electron chi connectivity index (χ1n) is 13.6. The van der Waals surface area contributed by atoms with E-state index < -0.39 is 12.0 Å². The lowest BCUT2D eigenvalue weighted by Gasteiger charge is -2.25. The molecule has 1 aromatic heterocycles. The Hall–Kier alpha value is -3.91. The van der Waals surface area contributed by atoms with E-state index in [1.165, 1.54) is 5.56 Å². The largest absolute Gasteiger partial charge is 0.489 e. The molecule has 0 aliphatic heterocycles. The van der Waals surface area contributed by atoms with Gasteiger partial charge >= 0.3 is 5.97 Å². The van der Waals surface area contributed by atoms with Crippen LogP contribution in [-0.4, -0.2) is 33.5 Å². The number of carbonyl (C=O) groups is 1. The average molecular weight is 574 g/mol. The van der Waals surface area contributed by atoms with Gasteiger partial charge in [-0.05, 0) is 49.6 Å². The maximum Gasteiger partial charge on any atom is 0.320 e. The standard InChI is InChI=1S/C33H36ClN3O4/c1-23-7-5-9-25(17-23)21-40-30-12-4-3-11-27(30)19-37(16-15-29(35)33(38)39)20-28-13-14-31(34)36-32(28)41-22-26-10-6-8-24(2)18-26/h3-14,17-18,29H,15-16,19-22,35H2,1-2H3,(H,38,39)/t29-/m0/s1. The van der Waals surface area contributed by atoms with Gasteiger partial charge in [-0.2, -0.15) is 0 Å². The van der Waals surface area contributed by atoms with Gasteiger partial charge in [0.25, 0.3) is 0 Å². The Labute approximate surface area is 246 Å². The van der Waals surface area contributed by atoms with E-state index in [0.29, 0.717) is 43.9 Å². The van der Waals surface area contributed by atoms with E-state index in [2.05, 4.69) is 35.0 Å². The number of benzene rings is 3. The number of aromatic nitrogens is 1. The van der Waals surface area contributed by atoms with E-state index in [0.717, 1.165) is 33.6 Å². The van der Waals surface area contributed by atoms with Crippen LogP contribution in [0.15, 0.2) is 84.9 Å². The third-order valence-corrected chi connectivity index (χ3v) is 6.88. The molecule has 0 radical (unpaired) electrons. The highest BCUT2D eigenvalue weighted by Crippen LogP contribution is 2.26. The molecule has 4 rings (SSSR count). The summed E-state index contributed by atoms with van der Waals surface area (Å²) in [4.78, 5) is 18.0. The molecule has 1 heterocycles. The third-order valence-electron chi connectivity index (χ3n) is 6.67. The van der Waals surface area contributed by atoms with Gasteiger partial charge in [-0.1, -0.05) is 89.5 Å². The predicted molar refractivity (Wildman–Crippen MR) is 161 cm³/mol. The molecule has 0 amide bonds. The lowest BCUT2D eigenvalue weighted by atomic mass is 10.1. The SMILES string of the molecule is Cc1cccc(COc2ccccc2CN(CC[C@H](N)C(=O)O)Cc2ccc(Cl)nc2OCc2cccc(C)c2)c1. The fraction of sp³-hybridized carbons (Fsp3) is 0.273. The highest BCUT2D eigenvalue weighted by Gasteiger charge is 2.18. The van der Waals surface area contributed by atoms with E-state index in [9.17, 15) is 9.90 Å². The monoisotopic (exact) mass is 573 g/mol. The molecule has 0 bridgehead atoms. The van der Waals surface area contributed by atoms with Crippen LogP contribution < -0.4 is 15.2 Å². The summed E-state index contributed by atoms with van der Waals surface area (Å²) in [5.41, 5.74) is 12.1. The molecule has 0 aliphatic carbocycles. The summed E-state index contributed by atoms with van der Waals surface area (Å²) >= 11 is 6.24. The smallest absolute Gasteiger partial charge is 0.320 e. The number of para-hydroxylation sites is 1. The molecule has 0 aliphatic rings. The van der Waals surface area contributed by atoms with Crippen molar-refractivity contribution in [2.24, 2.45) is 5.73 Å². The number of pyridine rings is 1. The van der Waals surface area contributed by atoms with Gasteiger partial charge < -0.3 is 20.3 Å². The number of halogens is 1. The van der Waals surface area contributed by atoms with Crippen molar-refractivity contribution >= 4 is 17.6 Å². The molecule has 8 heteroatoms. The van der Waals surface area contributed by atoms with Gasteiger partial charge in [-0.3, -0.25) is 9.69 Å². The first-order chi connectivity index (χ1) is 19.8. The Balaban J connectivity index is 1.54. The molecule has 0 unspecified atom stereocenters. The van der Waals surface area contributed by atoms with Gasteiger partial charge in [0.15, 0.2) is 0 Å². The fourth-order valence-corrected chi connectivity index (χ4v) is 4.66. The van der Waals surface area contributed by atoms with Crippen LogP contribution in [0, 0.1) is 13.8 Å². The lowest BCUT2D eigenvalue weighted by molar-refractivity contribution is -0.138. The highest BCUT2D eigenvalue weighted by atomic mass is 35.5. The number of ether oxygens (including phenoxy) is 2. The second kappa shape index (κ2) is 14.6. The zero-order valence-corrected chi connectivity index (χ0v) is 24.2. The van der Waals surface area contributed by atoms with Crippen LogP contribution in [0.1, 0.15) is 39.8 Å². The Bertz CT molecular complexity index is 1460. The van der Waals surface area contributed by atoms with Gasteiger partial charge in [0.1, 0.15) is 30.2 Å². The van der Waals surface area contributed by atoms with Gasteiger partial charge in [-0.15, -0.1) is 0 Å². The molecule has 1 atom stereocenters. The first kappa shape index (κ1) is 30.1. The van der Waals surface area contributed by atoms with Crippen molar-refractivity contribution in [3.63, 3.8) is 0 Å². The molecular weight excluding hydrogens is 538 g/mol. The molecule has 7 nitrogen and oxygen atoms in total. The molecule has 214 valence electrons. The number of carboxylic acid groups (broad SMARTS) is 1. The van der Waals surface area contributed by atoms with Crippen molar-refractivity contribution in [1.82, 2.24) is 9.88 Å². The molecule has 3 N–H and O–H groups in total. The number of aliphatic carboxylic acids is 1. The van der Waals surface area contributed by atoms with Crippen molar-refractivity contribution < 1.29 is 19.4 Å². The molecule has 0 spiro atoms. The fourth-order valence-electron chi connectivity index (χ4n) is 4.52. The van der Waals surface area contributed by atoms with E-state index in [1.54, 1.807) is 6.07 Å². The third kappa shape index (κ3) is 9.32. The zero-order chi connectivity index (χ0) is 29.2. The van der Waals surface area contributed by atoms with Crippen molar-refractivity contribution in [3.8, 4) is 11.6 Å². The normalized spacial score (nSPS) is 11.8. The van der Waals surface area contributed by atoms with Crippen LogP contribution in [-0.2, 0) is 31.1 Å². The first-order valence-corrected chi connectivity index (χ1v) is 14.0. The lowest BCUT2D eigenvalue weighted by Crippen LogP contribution is -2.35. The van der Waals surface area contributed by atoms with Crippen molar-refractivity contribution in [3.05, 3.63) is 123 Å². The summed E-state index contributed by atoms with van der Waals surface area (Å²) in [6, 6.07) is 26.9. The summed E-state index contributed by atoms with van der Waals surface area (Å²) in [6.45, 7) is 6.29. The van der Waals surface area contributed by atoms with Gasteiger partial charge in [-0.25, -0.2) is 4.98 Å². The van der Waals surface area contributed by atoms with Gasteiger partial charge in [0.05, 0.1) is 0 Å². The minimum absolute atomic E-state index is 0.280. The number of nitrogens with two attached hydrogens (primary N) is 1. The Morgan fingerprint density at radius 1 is 0.878 bits per heavy atom. The molecule has 4 aromatic rings. The van der Waals surface area contributed by atoms with E-state index in [-0.39, 0.29) is 6.42 Å². The van der Waals surface area contributed by atoms with Crippen LogP contribution in [0.3, 0.4) is 0 Å². The predicted octanol–water partition coefficient (Wildman–Crippen LogP) is 6.31. The molecule has 0 saturated carbocycles. The minimum atomic E-state index is -1.03. The van der Waals surface area contributed by atoms with Crippen LogP contribution >= 0.6 is 11.6 Å².